The molecule has 14 heavy (non-hydrogen) atoms. The summed E-state index contributed by atoms with van der Waals surface area (Å²) in [6, 6.07) is 7.23. The van der Waals surface area contributed by atoms with E-state index in [1.54, 1.807) is 12.1 Å². The van der Waals surface area contributed by atoms with Gasteiger partial charge in [-0.1, -0.05) is 12.1 Å². The van der Waals surface area contributed by atoms with E-state index in [2.05, 4.69) is 31.1 Å². The van der Waals surface area contributed by atoms with Crippen LogP contribution in [0.3, 0.4) is 0 Å². The van der Waals surface area contributed by atoms with E-state index in [9.17, 15) is 8.42 Å². The third-order valence-corrected chi connectivity index (χ3v) is 2.52. The molecule has 4 nitrogen and oxygen atoms in total. The Morgan fingerprint density at radius 1 is 1.29 bits per heavy atom. The molecular weight excluding hydrogens is 315 g/mol. The van der Waals surface area contributed by atoms with Gasteiger partial charge in [-0.2, -0.15) is 0 Å². The van der Waals surface area contributed by atoms with Crippen LogP contribution < -0.4 is 8.25 Å². The number of halogens is 1. The summed E-state index contributed by atoms with van der Waals surface area (Å²) < 4.78 is 27.2. The zero-order valence-corrected chi connectivity index (χ0v) is 10.6. The average molecular weight is 326 g/mol. The van der Waals surface area contributed by atoms with Crippen LogP contribution in [0.2, 0.25) is 0 Å². The second-order valence-electron chi connectivity index (χ2n) is 2.88. The quantitative estimate of drug-likeness (QED) is 0.651. The number of nitrogens with one attached hydrogen (secondary N) is 2. The van der Waals surface area contributed by atoms with E-state index in [0.717, 1.165) is 18.4 Å². The third-order valence-electron chi connectivity index (χ3n) is 1.53. The molecule has 0 amide bonds. The number of hydrogen-bond acceptors (Lipinski definition) is 3. The first-order valence-electron chi connectivity index (χ1n) is 3.91. The maximum absolute atomic E-state index is 10.9. The summed E-state index contributed by atoms with van der Waals surface area (Å²) in [6.07, 6.45) is 1.13. The van der Waals surface area contributed by atoms with Gasteiger partial charge in [0.25, 0.3) is 0 Å². The van der Waals surface area contributed by atoms with Gasteiger partial charge >= 0.3 is 0 Å². The fourth-order valence-corrected chi connectivity index (χ4v) is 1.99. The van der Waals surface area contributed by atoms with Crippen molar-refractivity contribution in [3.63, 3.8) is 0 Å². The molecule has 1 rings (SSSR count). The summed E-state index contributed by atoms with van der Waals surface area (Å²) >= 11 is 2.06. The summed E-state index contributed by atoms with van der Waals surface area (Å²) in [6.45, 7) is 0.764. The van der Waals surface area contributed by atoms with Crippen molar-refractivity contribution in [2.75, 3.05) is 11.0 Å². The lowest BCUT2D eigenvalue weighted by atomic mass is 10.2. The molecule has 0 saturated heterocycles. The van der Waals surface area contributed by atoms with Crippen molar-refractivity contribution in [1.82, 2.24) is 3.53 Å². The van der Waals surface area contributed by atoms with Gasteiger partial charge in [-0.15, -0.1) is 0 Å². The first kappa shape index (κ1) is 11.7. The molecule has 0 spiro atoms. The predicted molar refractivity (Wildman–Crippen MR) is 65.8 cm³/mol. The van der Waals surface area contributed by atoms with Crippen molar-refractivity contribution >= 4 is 38.6 Å². The second kappa shape index (κ2) is 4.94. The average Bonchev–Trinajstić information content (AvgIpc) is 2.06. The topological polar surface area (TPSA) is 58.2 Å². The number of rotatable bonds is 4. The maximum Gasteiger partial charge on any atom is 0.229 e. The second-order valence-corrected chi connectivity index (χ2v) is 5.39. The Bertz CT molecular complexity index is 388. The van der Waals surface area contributed by atoms with E-state index < -0.39 is 10.0 Å². The van der Waals surface area contributed by atoms with Gasteiger partial charge in [0, 0.05) is 35.1 Å². The van der Waals surface area contributed by atoms with Crippen LogP contribution in [0.25, 0.3) is 0 Å². The van der Waals surface area contributed by atoms with E-state index in [1.807, 2.05) is 12.1 Å². The van der Waals surface area contributed by atoms with Gasteiger partial charge in [0.1, 0.15) is 0 Å². The lowest BCUT2D eigenvalue weighted by Crippen LogP contribution is -2.09. The highest BCUT2D eigenvalue weighted by Crippen LogP contribution is 2.10. The minimum Gasteiger partial charge on any atom is -0.284 e. The molecule has 0 aliphatic carbocycles. The van der Waals surface area contributed by atoms with Crippen molar-refractivity contribution in [3.8, 4) is 0 Å². The Hall–Kier alpha value is -0.340. The van der Waals surface area contributed by atoms with E-state index in [4.69, 9.17) is 0 Å². The molecule has 0 atom stereocenters. The van der Waals surface area contributed by atoms with Crippen molar-refractivity contribution in [1.29, 1.82) is 0 Å². The van der Waals surface area contributed by atoms with Crippen molar-refractivity contribution in [3.05, 3.63) is 29.8 Å². The standard InChI is InChI=1S/C8H11IN2O2S/c1-14(12,13)11-8-4-2-7(3-5-8)6-10-9/h2-5,10-11H,6H2,1H3. The summed E-state index contributed by atoms with van der Waals surface area (Å²) in [7, 11) is -3.17. The predicted octanol–water partition coefficient (Wildman–Crippen LogP) is 1.50. The molecule has 0 aliphatic heterocycles. The Labute approximate surface area is 97.6 Å². The molecule has 0 aromatic heterocycles. The first-order chi connectivity index (χ1) is 6.51. The normalized spacial score (nSPS) is 11.3. The zero-order chi connectivity index (χ0) is 10.6. The SMILES string of the molecule is CS(=O)(=O)Nc1ccc(CNI)cc1. The van der Waals surface area contributed by atoms with Gasteiger partial charge in [0.05, 0.1) is 6.26 Å². The van der Waals surface area contributed by atoms with Crippen LogP contribution in [0.5, 0.6) is 0 Å². The molecule has 0 heterocycles. The molecule has 0 bridgehead atoms. The van der Waals surface area contributed by atoms with E-state index in [-0.39, 0.29) is 0 Å². The van der Waals surface area contributed by atoms with Gasteiger partial charge in [0.15, 0.2) is 0 Å². The minimum atomic E-state index is -3.17. The van der Waals surface area contributed by atoms with Crippen LogP contribution in [0.15, 0.2) is 24.3 Å². The Morgan fingerprint density at radius 2 is 1.86 bits per heavy atom. The Kier molecular flexibility index (Phi) is 4.14. The molecular formula is C8H11IN2O2S. The van der Waals surface area contributed by atoms with Crippen LogP contribution in [0.4, 0.5) is 5.69 Å². The number of hydrogen-bond donors (Lipinski definition) is 2. The highest BCUT2D eigenvalue weighted by Gasteiger charge is 2.00. The van der Waals surface area contributed by atoms with Crippen molar-refractivity contribution < 1.29 is 8.42 Å². The lowest BCUT2D eigenvalue weighted by molar-refractivity contribution is 0.607. The van der Waals surface area contributed by atoms with Crippen LogP contribution in [0.1, 0.15) is 5.56 Å². The van der Waals surface area contributed by atoms with Crippen LogP contribution in [-0.4, -0.2) is 14.7 Å². The third kappa shape index (κ3) is 4.25. The van der Waals surface area contributed by atoms with Gasteiger partial charge in [-0.25, -0.2) is 8.42 Å². The van der Waals surface area contributed by atoms with Gasteiger partial charge < -0.3 is 0 Å². The number of anilines is 1. The van der Waals surface area contributed by atoms with E-state index in [1.165, 1.54) is 0 Å². The number of sulfonamides is 1. The molecule has 0 radical (unpaired) electrons. The smallest absolute Gasteiger partial charge is 0.229 e. The highest BCUT2D eigenvalue weighted by atomic mass is 127. The van der Waals surface area contributed by atoms with Crippen LogP contribution >= 0.6 is 22.9 Å². The van der Waals surface area contributed by atoms with Crippen molar-refractivity contribution in [2.45, 2.75) is 6.54 Å². The van der Waals surface area contributed by atoms with Gasteiger partial charge in [-0.3, -0.25) is 8.25 Å². The lowest BCUT2D eigenvalue weighted by Gasteiger charge is -2.04. The molecule has 1 aromatic rings. The summed E-state index contributed by atoms with van der Waals surface area (Å²) in [5.74, 6) is 0. The largest absolute Gasteiger partial charge is 0.284 e. The zero-order valence-electron chi connectivity index (χ0n) is 7.62. The van der Waals surface area contributed by atoms with E-state index in [0.29, 0.717) is 5.69 Å². The van der Waals surface area contributed by atoms with Crippen LogP contribution in [0, 0.1) is 0 Å². The molecule has 0 aliphatic rings. The molecule has 0 unspecified atom stereocenters. The van der Waals surface area contributed by atoms with Crippen molar-refractivity contribution in [2.24, 2.45) is 0 Å². The molecule has 0 fully saturated rings. The molecule has 6 heteroatoms. The maximum atomic E-state index is 10.9. The Balaban J connectivity index is 2.74. The van der Waals surface area contributed by atoms with E-state index >= 15 is 0 Å². The minimum absolute atomic E-state index is 0.588. The highest BCUT2D eigenvalue weighted by molar-refractivity contribution is 14.1. The fourth-order valence-electron chi connectivity index (χ4n) is 0.982. The van der Waals surface area contributed by atoms with Gasteiger partial charge in [-0.05, 0) is 17.7 Å². The molecule has 78 valence electrons. The number of benzene rings is 1. The summed E-state index contributed by atoms with van der Waals surface area (Å²) in [4.78, 5) is 0. The molecule has 1 aromatic carbocycles. The van der Waals surface area contributed by atoms with Crippen LogP contribution in [-0.2, 0) is 16.6 Å². The fraction of sp³-hybridized carbons (Fsp3) is 0.250. The summed E-state index contributed by atoms with van der Waals surface area (Å²) in [5.41, 5.74) is 1.70. The molecule has 2 N–H and O–H groups in total. The monoisotopic (exact) mass is 326 g/mol. The van der Waals surface area contributed by atoms with Gasteiger partial charge in [0.2, 0.25) is 10.0 Å². The summed E-state index contributed by atoms with van der Waals surface area (Å²) in [5, 5.41) is 0. The first-order valence-corrected chi connectivity index (χ1v) is 6.88. The Morgan fingerprint density at radius 3 is 2.29 bits per heavy atom. The molecule has 0 saturated carbocycles.